The maximum Gasteiger partial charge on any atom is 0.336 e. The zero-order valence-electron chi connectivity index (χ0n) is 23.4. The molecule has 3 heterocycles. The van der Waals surface area contributed by atoms with Crippen molar-refractivity contribution < 1.29 is 19.1 Å². The number of hydrogen-bond donors (Lipinski definition) is 1. The summed E-state index contributed by atoms with van der Waals surface area (Å²) < 4.78 is 11.5. The number of rotatable bonds is 12. The maximum absolute atomic E-state index is 13.5. The van der Waals surface area contributed by atoms with Crippen LogP contribution in [-0.4, -0.2) is 35.1 Å². The third-order valence-corrected chi connectivity index (χ3v) is 7.20. The van der Waals surface area contributed by atoms with Gasteiger partial charge in [-0.05, 0) is 74.3 Å². The van der Waals surface area contributed by atoms with E-state index in [1.165, 1.54) is 0 Å². The van der Waals surface area contributed by atoms with Gasteiger partial charge >= 0.3 is 11.9 Å². The quantitative estimate of drug-likeness (QED) is 0.233. The molecule has 208 valence electrons. The Bertz CT molecular complexity index is 1260. The first-order valence-corrected chi connectivity index (χ1v) is 13.8. The lowest BCUT2D eigenvalue weighted by molar-refractivity contribution is -0.141. The molecule has 7 nitrogen and oxygen atoms in total. The number of carbonyl (C=O) groups is 2. The molecule has 40 heavy (non-hydrogen) atoms. The smallest absolute Gasteiger partial charge is 0.336 e. The Morgan fingerprint density at radius 3 is 1.73 bits per heavy atom. The molecule has 1 aromatic carbocycles. The molecule has 1 unspecified atom stereocenters. The van der Waals surface area contributed by atoms with Gasteiger partial charge in [-0.2, -0.15) is 0 Å². The number of nitrogens with one attached hydrogen (secondary N) is 1. The van der Waals surface area contributed by atoms with Crippen LogP contribution in [0.15, 0.2) is 102 Å². The Morgan fingerprint density at radius 1 is 0.775 bits per heavy atom. The summed E-state index contributed by atoms with van der Waals surface area (Å²) in [6, 6.07) is 17.7. The van der Waals surface area contributed by atoms with Gasteiger partial charge in [-0.25, -0.2) is 9.59 Å². The summed E-state index contributed by atoms with van der Waals surface area (Å²) in [6.07, 6.45) is 9.99. The van der Waals surface area contributed by atoms with Gasteiger partial charge in [-0.3, -0.25) is 9.97 Å². The molecule has 0 bridgehead atoms. The van der Waals surface area contributed by atoms with Gasteiger partial charge < -0.3 is 14.8 Å². The van der Waals surface area contributed by atoms with Crippen LogP contribution in [0.3, 0.4) is 0 Å². The van der Waals surface area contributed by atoms with Crippen molar-refractivity contribution in [3.63, 3.8) is 0 Å². The lowest BCUT2D eigenvalue weighted by Gasteiger charge is -2.34. The molecule has 2 aromatic heterocycles. The first-order chi connectivity index (χ1) is 19.5. The van der Waals surface area contributed by atoms with Gasteiger partial charge in [-0.15, -0.1) is 0 Å². The van der Waals surface area contributed by atoms with Crippen molar-refractivity contribution in [3.8, 4) is 0 Å². The summed E-state index contributed by atoms with van der Waals surface area (Å²) in [7, 11) is 0. The van der Waals surface area contributed by atoms with E-state index in [0.29, 0.717) is 35.4 Å². The van der Waals surface area contributed by atoms with Gasteiger partial charge in [0.2, 0.25) is 0 Å². The lowest BCUT2D eigenvalue weighted by atomic mass is 9.74. The van der Waals surface area contributed by atoms with E-state index >= 15 is 0 Å². The molecule has 1 atom stereocenters. The second-order valence-electron chi connectivity index (χ2n) is 10.1. The summed E-state index contributed by atoms with van der Waals surface area (Å²) >= 11 is 0. The molecule has 3 aromatic rings. The Kier molecular flexibility index (Phi) is 10.2. The monoisotopic (exact) mass is 539 g/mol. The average molecular weight is 540 g/mol. The van der Waals surface area contributed by atoms with Gasteiger partial charge in [0.15, 0.2) is 0 Å². The summed E-state index contributed by atoms with van der Waals surface area (Å²) in [5.74, 6) is -1.51. The molecule has 0 aliphatic carbocycles. The summed E-state index contributed by atoms with van der Waals surface area (Å²) in [5.41, 5.74) is 5.52. The van der Waals surface area contributed by atoms with Crippen molar-refractivity contribution in [1.82, 2.24) is 15.3 Å². The highest BCUT2D eigenvalue weighted by Gasteiger charge is 2.40. The first-order valence-electron chi connectivity index (χ1n) is 13.8. The van der Waals surface area contributed by atoms with Crippen LogP contribution >= 0.6 is 0 Å². The van der Waals surface area contributed by atoms with Crippen molar-refractivity contribution >= 4 is 11.9 Å². The third-order valence-electron chi connectivity index (χ3n) is 7.20. The van der Waals surface area contributed by atoms with Crippen molar-refractivity contribution in [1.29, 1.82) is 0 Å². The van der Waals surface area contributed by atoms with Crippen LogP contribution in [0.2, 0.25) is 0 Å². The number of aryl methyl sites for hydroxylation is 2. The fourth-order valence-corrected chi connectivity index (χ4v) is 5.17. The molecule has 1 aliphatic rings. The van der Waals surface area contributed by atoms with Crippen molar-refractivity contribution in [3.05, 3.63) is 119 Å². The molecule has 1 aliphatic heterocycles. The molecule has 0 amide bonds. The fraction of sp³-hybridized carbons (Fsp3) is 0.333. The number of ether oxygens (including phenoxy) is 2. The van der Waals surface area contributed by atoms with E-state index in [1.54, 1.807) is 12.4 Å². The predicted molar refractivity (Wildman–Crippen MR) is 154 cm³/mol. The number of benzene rings is 1. The van der Waals surface area contributed by atoms with Gasteiger partial charge in [0, 0.05) is 42.1 Å². The molecule has 0 saturated heterocycles. The standard InChI is InChI=1S/C33H37N3O4/c1-23(28-15-5-4-6-16-28)29-30(32(37)39-19-9-13-26-11-7-17-34-21-26)24(2)36-25(3)31(29)33(38)40-20-10-14-27-12-8-18-35-22-27/h4-8,11-12,15-18,21-23,29,36H,9-10,13-14,19-20H2,1-3H3. The minimum atomic E-state index is -0.514. The van der Waals surface area contributed by atoms with E-state index in [4.69, 9.17) is 9.47 Å². The van der Waals surface area contributed by atoms with Crippen LogP contribution in [0.4, 0.5) is 0 Å². The summed E-state index contributed by atoms with van der Waals surface area (Å²) in [6.45, 7) is 6.30. The van der Waals surface area contributed by atoms with Gasteiger partial charge in [0.05, 0.1) is 24.4 Å². The van der Waals surface area contributed by atoms with E-state index in [2.05, 4.69) is 15.3 Å². The van der Waals surface area contributed by atoms with E-state index in [0.717, 1.165) is 29.5 Å². The number of pyridine rings is 2. The Balaban J connectivity index is 1.49. The van der Waals surface area contributed by atoms with Crippen LogP contribution in [0.1, 0.15) is 56.2 Å². The molecule has 0 saturated carbocycles. The normalized spacial score (nSPS) is 14.5. The van der Waals surface area contributed by atoms with E-state index in [9.17, 15) is 9.59 Å². The number of nitrogens with zero attached hydrogens (tertiary/aromatic N) is 2. The van der Waals surface area contributed by atoms with Gasteiger partial charge in [0.25, 0.3) is 0 Å². The number of esters is 2. The number of aromatic nitrogens is 2. The van der Waals surface area contributed by atoms with Crippen LogP contribution in [0.25, 0.3) is 0 Å². The van der Waals surface area contributed by atoms with E-state index in [1.807, 2.05) is 87.8 Å². The van der Waals surface area contributed by atoms with Crippen LogP contribution in [-0.2, 0) is 31.9 Å². The number of hydrogen-bond acceptors (Lipinski definition) is 7. The highest BCUT2D eigenvalue weighted by Crippen LogP contribution is 2.41. The number of dihydropyridines is 1. The summed E-state index contributed by atoms with van der Waals surface area (Å²) in [5, 5.41) is 3.25. The Labute approximate surface area is 236 Å². The zero-order valence-corrected chi connectivity index (χ0v) is 23.4. The second-order valence-corrected chi connectivity index (χ2v) is 10.1. The molecule has 4 rings (SSSR count). The largest absolute Gasteiger partial charge is 0.462 e. The van der Waals surface area contributed by atoms with Crippen molar-refractivity contribution in [2.24, 2.45) is 5.92 Å². The Hall–Kier alpha value is -4.26. The molecule has 0 radical (unpaired) electrons. The van der Waals surface area contributed by atoms with Gasteiger partial charge in [-0.1, -0.05) is 49.4 Å². The Morgan fingerprint density at radius 2 is 1.27 bits per heavy atom. The lowest BCUT2D eigenvalue weighted by Crippen LogP contribution is -2.36. The predicted octanol–water partition coefficient (Wildman–Crippen LogP) is 5.70. The zero-order chi connectivity index (χ0) is 28.3. The number of allylic oxidation sites excluding steroid dienone is 2. The minimum absolute atomic E-state index is 0.163. The number of carbonyl (C=O) groups excluding carboxylic acids is 2. The van der Waals surface area contributed by atoms with Crippen LogP contribution in [0, 0.1) is 5.92 Å². The average Bonchev–Trinajstić information content (AvgIpc) is 2.98. The first kappa shape index (κ1) is 28.7. The molecular formula is C33H37N3O4. The fourth-order valence-electron chi connectivity index (χ4n) is 5.17. The molecule has 7 heteroatoms. The van der Waals surface area contributed by atoms with Crippen LogP contribution in [0.5, 0.6) is 0 Å². The van der Waals surface area contributed by atoms with Crippen molar-refractivity contribution in [2.75, 3.05) is 13.2 Å². The van der Waals surface area contributed by atoms with E-state index in [-0.39, 0.29) is 19.1 Å². The highest BCUT2D eigenvalue weighted by atomic mass is 16.5. The highest BCUT2D eigenvalue weighted by molar-refractivity contribution is 5.98. The molecule has 0 fully saturated rings. The second kappa shape index (κ2) is 14.2. The topological polar surface area (TPSA) is 90.4 Å². The molecule has 0 spiro atoms. The molecule has 1 N–H and O–H groups in total. The SMILES string of the molecule is CC1=C(C(=O)OCCCc2cccnc2)C(C(C)c2ccccc2)C(C(=O)OCCCc2cccnc2)=C(C)N1. The third kappa shape index (κ3) is 7.44. The maximum atomic E-state index is 13.5. The van der Waals surface area contributed by atoms with Gasteiger partial charge in [0.1, 0.15) is 0 Å². The minimum Gasteiger partial charge on any atom is -0.462 e. The molecular weight excluding hydrogens is 502 g/mol. The van der Waals surface area contributed by atoms with Crippen LogP contribution < -0.4 is 5.32 Å². The summed E-state index contributed by atoms with van der Waals surface area (Å²) in [4.78, 5) is 35.4. The van der Waals surface area contributed by atoms with E-state index < -0.39 is 17.9 Å². The van der Waals surface area contributed by atoms with Crippen molar-refractivity contribution in [2.45, 2.75) is 52.4 Å².